The molecule has 1 fully saturated rings. The van der Waals surface area contributed by atoms with Crippen molar-refractivity contribution in [2.45, 2.75) is 19.3 Å². The van der Waals surface area contributed by atoms with Gasteiger partial charge in [-0.15, -0.1) is 11.3 Å². The molecule has 1 aliphatic carbocycles. The third-order valence-electron chi connectivity index (χ3n) is 5.44. The Morgan fingerprint density at radius 1 is 1.13 bits per heavy atom. The summed E-state index contributed by atoms with van der Waals surface area (Å²) in [5.41, 5.74) is 4.97. The molecule has 152 valence electrons. The minimum Gasteiger partial charge on any atom is -0.376 e. The van der Waals surface area contributed by atoms with Crippen LogP contribution in [0.25, 0.3) is 11.3 Å². The fourth-order valence-corrected chi connectivity index (χ4v) is 4.44. The topological polar surface area (TPSA) is 74.3 Å². The van der Waals surface area contributed by atoms with E-state index in [0.29, 0.717) is 5.13 Å². The largest absolute Gasteiger partial charge is 0.376 e. The van der Waals surface area contributed by atoms with Crippen molar-refractivity contribution >= 4 is 39.7 Å². The first-order valence-corrected chi connectivity index (χ1v) is 11.0. The van der Waals surface area contributed by atoms with Gasteiger partial charge < -0.3 is 15.5 Å². The molecule has 2 heterocycles. The lowest BCUT2D eigenvalue weighted by molar-refractivity contribution is -0.119. The second-order valence-corrected chi connectivity index (χ2v) is 8.52. The number of para-hydroxylation sites is 1. The Kier molecular flexibility index (Phi) is 4.96. The van der Waals surface area contributed by atoms with Crippen molar-refractivity contribution in [2.75, 3.05) is 28.6 Å². The van der Waals surface area contributed by atoms with Crippen LogP contribution >= 0.6 is 11.3 Å². The van der Waals surface area contributed by atoms with Crippen molar-refractivity contribution in [3.63, 3.8) is 0 Å². The number of anilines is 3. The van der Waals surface area contributed by atoms with Crippen molar-refractivity contribution in [3.8, 4) is 11.3 Å². The molecule has 2 N–H and O–H groups in total. The molecule has 0 atom stereocenters. The minimum atomic E-state index is -0.136. The number of amides is 2. The molecule has 2 aromatic carbocycles. The van der Waals surface area contributed by atoms with Gasteiger partial charge in [-0.1, -0.05) is 24.3 Å². The van der Waals surface area contributed by atoms with Crippen molar-refractivity contribution < 1.29 is 9.59 Å². The maximum atomic E-state index is 12.4. The highest BCUT2D eigenvalue weighted by molar-refractivity contribution is 7.14. The molecule has 0 saturated heterocycles. The van der Waals surface area contributed by atoms with Crippen LogP contribution in [0.5, 0.6) is 0 Å². The van der Waals surface area contributed by atoms with Gasteiger partial charge in [0.2, 0.25) is 11.8 Å². The molecule has 7 heteroatoms. The van der Waals surface area contributed by atoms with E-state index in [1.807, 2.05) is 52.7 Å². The monoisotopic (exact) mass is 418 g/mol. The molecule has 0 spiro atoms. The van der Waals surface area contributed by atoms with E-state index in [1.165, 1.54) is 16.9 Å². The lowest BCUT2D eigenvalue weighted by Gasteiger charge is -2.17. The fraction of sp³-hybridized carbons (Fsp3) is 0.261. The van der Waals surface area contributed by atoms with Crippen LogP contribution < -0.4 is 15.5 Å². The second-order valence-electron chi connectivity index (χ2n) is 7.66. The second kappa shape index (κ2) is 7.91. The standard InChI is InChI=1S/C23H22N4O2S/c28-21(13-24-18-4-2-1-3-5-18)26-23-25-19(14-30-23)16-8-9-20-17(12-16)10-11-27(20)22(29)15-6-7-15/h1-5,8-9,12,14-15,24H,6-7,10-11,13H2,(H,25,26,28). The third-order valence-corrected chi connectivity index (χ3v) is 6.20. The highest BCUT2D eigenvalue weighted by Crippen LogP contribution is 2.38. The van der Waals surface area contributed by atoms with Crippen LogP contribution in [0.4, 0.5) is 16.5 Å². The summed E-state index contributed by atoms with van der Waals surface area (Å²) in [7, 11) is 0. The number of nitrogens with one attached hydrogen (secondary N) is 2. The molecule has 6 nitrogen and oxygen atoms in total. The minimum absolute atomic E-state index is 0.136. The summed E-state index contributed by atoms with van der Waals surface area (Å²) in [5.74, 6) is 0.365. The highest BCUT2D eigenvalue weighted by atomic mass is 32.1. The average Bonchev–Trinajstić information content (AvgIpc) is 3.38. The lowest BCUT2D eigenvalue weighted by atomic mass is 10.1. The Labute approximate surface area is 178 Å². The van der Waals surface area contributed by atoms with Gasteiger partial charge >= 0.3 is 0 Å². The molecule has 2 aliphatic rings. The maximum Gasteiger partial charge on any atom is 0.245 e. The molecule has 3 aromatic rings. The Morgan fingerprint density at radius 3 is 2.77 bits per heavy atom. The van der Waals surface area contributed by atoms with Crippen LogP contribution in [0, 0.1) is 5.92 Å². The summed E-state index contributed by atoms with van der Waals surface area (Å²) in [6.07, 6.45) is 2.92. The highest BCUT2D eigenvalue weighted by Gasteiger charge is 2.36. The normalized spacial score (nSPS) is 15.0. The summed E-state index contributed by atoms with van der Waals surface area (Å²) in [4.78, 5) is 31.2. The molecule has 0 radical (unpaired) electrons. The average molecular weight is 419 g/mol. The van der Waals surface area contributed by atoms with E-state index in [1.54, 1.807) is 0 Å². The van der Waals surface area contributed by atoms with E-state index in [-0.39, 0.29) is 24.3 Å². The Balaban J connectivity index is 1.23. The van der Waals surface area contributed by atoms with Crippen LogP contribution in [-0.2, 0) is 16.0 Å². The van der Waals surface area contributed by atoms with Crippen molar-refractivity contribution in [2.24, 2.45) is 5.92 Å². The molecular formula is C23H22N4O2S. The Morgan fingerprint density at radius 2 is 1.97 bits per heavy atom. The number of carbonyl (C=O) groups is 2. The van der Waals surface area contributed by atoms with Crippen molar-refractivity contribution in [3.05, 3.63) is 59.5 Å². The number of thiazole rings is 1. The van der Waals surface area contributed by atoms with Gasteiger partial charge in [0.05, 0.1) is 12.2 Å². The molecule has 30 heavy (non-hydrogen) atoms. The van der Waals surface area contributed by atoms with Crippen LogP contribution in [0.1, 0.15) is 18.4 Å². The Hall–Kier alpha value is -3.19. The van der Waals surface area contributed by atoms with Gasteiger partial charge in [0.1, 0.15) is 0 Å². The van der Waals surface area contributed by atoms with Gasteiger partial charge in [-0.2, -0.15) is 0 Å². The Bertz CT molecular complexity index is 1090. The molecule has 0 unspecified atom stereocenters. The van der Waals surface area contributed by atoms with Crippen LogP contribution in [-0.4, -0.2) is 29.9 Å². The van der Waals surface area contributed by atoms with E-state index < -0.39 is 0 Å². The fourth-order valence-electron chi connectivity index (χ4n) is 3.71. The summed E-state index contributed by atoms with van der Waals surface area (Å²) < 4.78 is 0. The number of rotatable bonds is 6. The SMILES string of the molecule is O=C(CNc1ccccc1)Nc1nc(-c2ccc3c(c2)CCN3C(=O)C2CC2)cs1. The van der Waals surface area contributed by atoms with E-state index in [4.69, 9.17) is 0 Å². The quantitative estimate of drug-likeness (QED) is 0.630. The summed E-state index contributed by atoms with van der Waals surface area (Å²) in [6, 6.07) is 15.8. The molecule has 1 aliphatic heterocycles. The zero-order valence-corrected chi connectivity index (χ0v) is 17.2. The number of benzene rings is 2. The van der Waals surface area contributed by atoms with E-state index in [9.17, 15) is 9.59 Å². The van der Waals surface area contributed by atoms with Crippen molar-refractivity contribution in [1.29, 1.82) is 0 Å². The predicted octanol–water partition coefficient (Wildman–Crippen LogP) is 4.16. The van der Waals surface area contributed by atoms with Crippen LogP contribution in [0.15, 0.2) is 53.9 Å². The molecular weight excluding hydrogens is 396 g/mol. The number of hydrogen-bond acceptors (Lipinski definition) is 5. The summed E-state index contributed by atoms with van der Waals surface area (Å²) in [5, 5.41) is 8.47. The first-order chi connectivity index (χ1) is 14.7. The summed E-state index contributed by atoms with van der Waals surface area (Å²) >= 11 is 1.41. The third kappa shape index (κ3) is 3.93. The number of hydrogen-bond donors (Lipinski definition) is 2. The van der Waals surface area contributed by atoms with Crippen LogP contribution in [0.2, 0.25) is 0 Å². The molecule has 1 aromatic heterocycles. The van der Waals surface area contributed by atoms with Crippen LogP contribution in [0.3, 0.4) is 0 Å². The molecule has 0 bridgehead atoms. The zero-order valence-electron chi connectivity index (χ0n) is 16.4. The number of nitrogens with zero attached hydrogens (tertiary/aromatic N) is 2. The van der Waals surface area contributed by atoms with E-state index >= 15 is 0 Å². The van der Waals surface area contributed by atoms with E-state index in [0.717, 1.165) is 48.4 Å². The van der Waals surface area contributed by atoms with Gasteiger partial charge in [0.15, 0.2) is 5.13 Å². The predicted molar refractivity (Wildman–Crippen MR) is 120 cm³/mol. The van der Waals surface area contributed by atoms with Gasteiger partial charge in [-0.05, 0) is 49.1 Å². The molecule has 1 saturated carbocycles. The number of fused-ring (bicyclic) bond motifs is 1. The molecule has 5 rings (SSSR count). The van der Waals surface area contributed by atoms with E-state index in [2.05, 4.69) is 21.7 Å². The van der Waals surface area contributed by atoms with Gasteiger partial charge in [0, 0.05) is 34.8 Å². The smallest absolute Gasteiger partial charge is 0.245 e. The van der Waals surface area contributed by atoms with Crippen molar-refractivity contribution in [1.82, 2.24) is 4.98 Å². The first kappa shape index (κ1) is 18.8. The summed E-state index contributed by atoms with van der Waals surface area (Å²) in [6.45, 7) is 0.948. The number of aromatic nitrogens is 1. The number of carbonyl (C=O) groups excluding carboxylic acids is 2. The van der Waals surface area contributed by atoms with Gasteiger partial charge in [0.25, 0.3) is 0 Å². The first-order valence-electron chi connectivity index (χ1n) is 10.2. The maximum absolute atomic E-state index is 12.4. The molecule has 2 amide bonds. The zero-order chi connectivity index (χ0) is 20.5. The lowest BCUT2D eigenvalue weighted by Crippen LogP contribution is -2.30. The van der Waals surface area contributed by atoms with Gasteiger partial charge in [-0.3, -0.25) is 9.59 Å². The van der Waals surface area contributed by atoms with Gasteiger partial charge in [-0.25, -0.2) is 4.98 Å².